The lowest BCUT2D eigenvalue weighted by atomic mass is 9.80. The number of H-pyrrole nitrogens is 1. The molecule has 0 spiro atoms. The Hall–Kier alpha value is -3.13. The van der Waals surface area contributed by atoms with E-state index in [0.29, 0.717) is 18.6 Å². The minimum absolute atomic E-state index is 0.0285. The van der Waals surface area contributed by atoms with Gasteiger partial charge in [0.05, 0.1) is 6.10 Å². The molecular formula is C23H29N3O5. The normalized spacial score (nSPS) is 19.6. The van der Waals surface area contributed by atoms with E-state index in [2.05, 4.69) is 15.6 Å². The average Bonchev–Trinajstić information content (AvgIpc) is 3.32. The maximum absolute atomic E-state index is 13.1. The van der Waals surface area contributed by atoms with Crippen LogP contribution in [0.3, 0.4) is 0 Å². The molecule has 31 heavy (non-hydrogen) atoms. The molecule has 1 aliphatic heterocycles. The molecule has 1 aromatic carbocycles. The molecule has 8 heteroatoms. The van der Waals surface area contributed by atoms with Crippen molar-refractivity contribution >= 4 is 17.8 Å². The van der Waals surface area contributed by atoms with Crippen molar-refractivity contribution < 1.29 is 23.9 Å². The number of aromatic amines is 1. The van der Waals surface area contributed by atoms with Gasteiger partial charge in [-0.15, -0.1) is 0 Å². The molecule has 0 radical (unpaired) electrons. The first-order valence-electron chi connectivity index (χ1n) is 10.3. The summed E-state index contributed by atoms with van der Waals surface area (Å²) in [5.41, 5.74) is 0.821. The number of ether oxygens (including phenoxy) is 2. The smallest absolute Gasteiger partial charge is 0.409 e. The summed E-state index contributed by atoms with van der Waals surface area (Å²) in [4.78, 5) is 40.3. The van der Waals surface area contributed by atoms with Crippen molar-refractivity contribution in [2.24, 2.45) is 5.41 Å². The predicted molar refractivity (Wildman–Crippen MR) is 115 cm³/mol. The summed E-state index contributed by atoms with van der Waals surface area (Å²) in [5.74, 6) is -0.283. The van der Waals surface area contributed by atoms with E-state index in [0.717, 1.165) is 5.56 Å². The lowest BCUT2D eigenvalue weighted by Crippen LogP contribution is -2.54. The van der Waals surface area contributed by atoms with Crippen LogP contribution in [0.2, 0.25) is 0 Å². The molecule has 3 atom stereocenters. The summed E-state index contributed by atoms with van der Waals surface area (Å²) < 4.78 is 10.5. The van der Waals surface area contributed by atoms with Crippen LogP contribution < -0.4 is 15.4 Å². The van der Waals surface area contributed by atoms with E-state index in [9.17, 15) is 14.4 Å². The van der Waals surface area contributed by atoms with Gasteiger partial charge in [-0.25, -0.2) is 4.79 Å². The van der Waals surface area contributed by atoms with Crippen molar-refractivity contribution in [3.63, 3.8) is 0 Å². The Bertz CT molecular complexity index is 895. The molecule has 3 N–H and O–H groups in total. The third-order valence-corrected chi connectivity index (χ3v) is 5.27. The van der Waals surface area contributed by atoms with Crippen molar-refractivity contribution in [1.82, 2.24) is 15.6 Å². The number of nitrogens with one attached hydrogen (secondary N) is 3. The van der Waals surface area contributed by atoms with Gasteiger partial charge in [0.2, 0.25) is 5.91 Å². The van der Waals surface area contributed by atoms with Crippen LogP contribution in [0.5, 0.6) is 5.75 Å². The van der Waals surface area contributed by atoms with Gasteiger partial charge >= 0.3 is 6.09 Å². The average molecular weight is 428 g/mol. The van der Waals surface area contributed by atoms with E-state index < -0.39 is 30.2 Å². The summed E-state index contributed by atoms with van der Waals surface area (Å²) in [6.45, 7) is 5.77. The van der Waals surface area contributed by atoms with Crippen LogP contribution in [-0.4, -0.2) is 47.6 Å². The van der Waals surface area contributed by atoms with E-state index in [4.69, 9.17) is 9.47 Å². The molecule has 2 amide bonds. The molecule has 1 aromatic heterocycles. The Morgan fingerprint density at radius 1 is 1.26 bits per heavy atom. The van der Waals surface area contributed by atoms with Crippen LogP contribution in [0.1, 0.15) is 32.8 Å². The SMILES string of the molecule is C[C@@H]1OCC(=O)[C@H]1NC(=O)[C@H](CC(C)(C)Cc1ccccc1)NC(=O)Oc1cc[nH]c1. The quantitative estimate of drug-likeness (QED) is 0.600. The molecule has 0 aliphatic carbocycles. The highest BCUT2D eigenvalue weighted by molar-refractivity contribution is 5.94. The zero-order valence-electron chi connectivity index (χ0n) is 18.0. The number of ketones is 1. The molecule has 1 aliphatic rings. The number of carbonyl (C=O) groups excluding carboxylic acids is 3. The summed E-state index contributed by atoms with van der Waals surface area (Å²) in [6, 6.07) is 9.93. The van der Waals surface area contributed by atoms with Gasteiger partial charge in [0, 0.05) is 12.4 Å². The summed E-state index contributed by atoms with van der Waals surface area (Å²) >= 11 is 0. The van der Waals surface area contributed by atoms with Crippen molar-refractivity contribution in [1.29, 1.82) is 0 Å². The molecule has 0 bridgehead atoms. The van der Waals surface area contributed by atoms with Crippen LogP contribution in [0, 0.1) is 5.41 Å². The lowest BCUT2D eigenvalue weighted by molar-refractivity contribution is -0.128. The number of amides is 2. The van der Waals surface area contributed by atoms with E-state index in [1.165, 1.54) is 6.20 Å². The minimum atomic E-state index is -0.884. The number of hydrogen-bond donors (Lipinski definition) is 3. The number of hydrogen-bond acceptors (Lipinski definition) is 5. The van der Waals surface area contributed by atoms with Crippen LogP contribution in [0.15, 0.2) is 48.8 Å². The molecule has 0 saturated carbocycles. The molecule has 0 unspecified atom stereocenters. The zero-order valence-corrected chi connectivity index (χ0v) is 18.0. The Labute approximate surface area is 181 Å². The van der Waals surface area contributed by atoms with Crippen molar-refractivity contribution in [2.75, 3.05) is 6.61 Å². The third-order valence-electron chi connectivity index (χ3n) is 5.27. The third kappa shape index (κ3) is 6.42. The highest BCUT2D eigenvalue weighted by Crippen LogP contribution is 2.28. The molecule has 3 rings (SSSR count). The number of aromatic nitrogens is 1. The fourth-order valence-electron chi connectivity index (χ4n) is 3.75. The Morgan fingerprint density at radius 3 is 2.61 bits per heavy atom. The topological polar surface area (TPSA) is 110 Å². The second kappa shape index (κ2) is 9.78. The predicted octanol–water partition coefficient (Wildman–Crippen LogP) is 2.60. The molecule has 8 nitrogen and oxygen atoms in total. The molecule has 2 aromatic rings. The molecular weight excluding hydrogens is 398 g/mol. The number of Topliss-reactive ketones (excluding diaryl/α,β-unsaturated/α-hetero) is 1. The van der Waals surface area contributed by atoms with Gasteiger partial charge in [-0.1, -0.05) is 44.2 Å². The first-order chi connectivity index (χ1) is 14.7. The van der Waals surface area contributed by atoms with Crippen LogP contribution in [-0.2, 0) is 20.7 Å². The fourth-order valence-corrected chi connectivity index (χ4v) is 3.75. The highest BCUT2D eigenvalue weighted by atomic mass is 16.6. The van der Waals surface area contributed by atoms with Crippen molar-refractivity contribution in [3.05, 3.63) is 54.4 Å². The van der Waals surface area contributed by atoms with Crippen molar-refractivity contribution in [2.45, 2.75) is 51.8 Å². The highest BCUT2D eigenvalue weighted by Gasteiger charge is 2.37. The van der Waals surface area contributed by atoms with Gasteiger partial charge in [0.15, 0.2) is 5.78 Å². The van der Waals surface area contributed by atoms with Gasteiger partial charge in [-0.05, 0) is 36.8 Å². The lowest BCUT2D eigenvalue weighted by Gasteiger charge is -2.30. The minimum Gasteiger partial charge on any atom is -0.409 e. The van der Waals surface area contributed by atoms with E-state index in [-0.39, 0.29) is 17.8 Å². The van der Waals surface area contributed by atoms with Crippen LogP contribution in [0.25, 0.3) is 0 Å². The van der Waals surface area contributed by atoms with Crippen LogP contribution >= 0.6 is 0 Å². The Kier molecular flexibility index (Phi) is 7.12. The Morgan fingerprint density at radius 2 is 2.00 bits per heavy atom. The van der Waals surface area contributed by atoms with Gasteiger partial charge in [-0.2, -0.15) is 0 Å². The zero-order chi connectivity index (χ0) is 22.4. The molecule has 2 heterocycles. The maximum atomic E-state index is 13.1. The van der Waals surface area contributed by atoms with Gasteiger partial charge in [0.1, 0.15) is 24.4 Å². The first-order valence-corrected chi connectivity index (χ1v) is 10.3. The number of carbonyl (C=O) groups is 3. The summed E-state index contributed by atoms with van der Waals surface area (Å²) in [7, 11) is 0. The summed E-state index contributed by atoms with van der Waals surface area (Å²) in [6.07, 6.45) is 3.08. The monoisotopic (exact) mass is 427 g/mol. The molecule has 1 fully saturated rings. The van der Waals surface area contributed by atoms with E-state index in [1.54, 1.807) is 19.2 Å². The van der Waals surface area contributed by atoms with E-state index >= 15 is 0 Å². The second-order valence-electron chi connectivity index (χ2n) is 8.63. The van der Waals surface area contributed by atoms with Crippen LogP contribution in [0.4, 0.5) is 4.79 Å². The largest absolute Gasteiger partial charge is 0.413 e. The molecule has 1 saturated heterocycles. The van der Waals surface area contributed by atoms with Gasteiger partial charge in [0.25, 0.3) is 0 Å². The summed E-state index contributed by atoms with van der Waals surface area (Å²) in [5, 5.41) is 5.40. The maximum Gasteiger partial charge on any atom is 0.413 e. The number of rotatable bonds is 8. The van der Waals surface area contributed by atoms with Crippen molar-refractivity contribution in [3.8, 4) is 5.75 Å². The molecule has 166 valence electrons. The van der Waals surface area contributed by atoms with Gasteiger partial charge in [-0.3, -0.25) is 9.59 Å². The number of benzene rings is 1. The van der Waals surface area contributed by atoms with Gasteiger partial charge < -0.3 is 25.1 Å². The standard InChI is InChI=1S/C23H29N3O5/c1-15-20(19(27)14-30-15)26-21(28)18(25-22(29)31-17-9-10-24-13-17)12-23(2,3)11-16-7-5-4-6-8-16/h4-10,13,15,18,20,24H,11-12,14H2,1-3H3,(H,25,29)(H,26,28)/t15-,18-,20-/m0/s1. The second-order valence-corrected chi connectivity index (χ2v) is 8.63. The Balaban J connectivity index is 1.71. The van der Waals surface area contributed by atoms with E-state index in [1.807, 2.05) is 44.2 Å². The fraction of sp³-hybridized carbons (Fsp3) is 0.435. The first kappa shape index (κ1) is 22.6.